The number of hydrogen-bond acceptors (Lipinski definition) is 5. The molecule has 4 heterocycles. The van der Waals surface area contributed by atoms with E-state index >= 15 is 0 Å². The molecule has 6 rings (SSSR count). The molecule has 4 aromatic rings. The fourth-order valence-electron chi connectivity index (χ4n) is 5.91. The third-order valence-corrected chi connectivity index (χ3v) is 8.63. The van der Waals surface area contributed by atoms with E-state index in [9.17, 15) is 9.59 Å². The third-order valence-electron chi connectivity index (χ3n) is 8.32. The van der Waals surface area contributed by atoms with Gasteiger partial charge in [-0.3, -0.25) is 19.5 Å². The molecule has 9 heteroatoms. The molecule has 0 aliphatic carbocycles. The lowest BCUT2D eigenvalue weighted by molar-refractivity contribution is -0.130. The zero-order valence-electron chi connectivity index (χ0n) is 23.4. The van der Waals surface area contributed by atoms with Gasteiger partial charge in [0.2, 0.25) is 5.91 Å². The van der Waals surface area contributed by atoms with E-state index in [0.29, 0.717) is 30.1 Å². The Balaban J connectivity index is 0.992. The molecule has 8 nitrogen and oxygen atoms in total. The molecule has 0 unspecified atom stereocenters. The number of hydrogen-bond donors (Lipinski definition) is 0. The van der Waals surface area contributed by atoms with Crippen LogP contribution in [0.2, 0.25) is 5.02 Å². The van der Waals surface area contributed by atoms with Gasteiger partial charge in [-0.15, -0.1) is 0 Å². The van der Waals surface area contributed by atoms with Gasteiger partial charge in [-0.05, 0) is 60.3 Å². The van der Waals surface area contributed by atoms with Gasteiger partial charge < -0.3 is 19.3 Å². The van der Waals surface area contributed by atoms with E-state index in [1.165, 1.54) is 5.69 Å². The van der Waals surface area contributed by atoms with Crippen LogP contribution < -0.4 is 9.80 Å². The van der Waals surface area contributed by atoms with Crippen LogP contribution in [-0.4, -0.2) is 77.5 Å². The molecule has 2 aliphatic rings. The fraction of sp³-hybridized carbons (Fsp3) is 0.344. The van der Waals surface area contributed by atoms with Crippen molar-refractivity contribution in [2.24, 2.45) is 0 Å². The average molecular weight is 571 g/mol. The van der Waals surface area contributed by atoms with Crippen LogP contribution >= 0.6 is 11.6 Å². The Hall–Kier alpha value is -3.88. The van der Waals surface area contributed by atoms with Gasteiger partial charge in [0.25, 0.3) is 5.91 Å². The van der Waals surface area contributed by atoms with Crippen LogP contribution in [-0.2, 0) is 17.9 Å². The van der Waals surface area contributed by atoms with Crippen molar-refractivity contribution in [3.8, 4) is 0 Å². The molecular weight excluding hydrogens is 536 g/mol. The molecule has 0 atom stereocenters. The van der Waals surface area contributed by atoms with E-state index in [1.54, 1.807) is 11.0 Å². The maximum Gasteiger partial charge on any atom is 0.260 e. The van der Waals surface area contributed by atoms with Gasteiger partial charge in [0, 0.05) is 82.7 Å². The molecule has 2 aromatic carbocycles. The first-order valence-electron chi connectivity index (χ1n) is 14.3. The van der Waals surface area contributed by atoms with Gasteiger partial charge in [0.05, 0.1) is 22.6 Å². The monoisotopic (exact) mass is 570 g/mol. The molecule has 2 aliphatic heterocycles. The first-order valence-corrected chi connectivity index (χ1v) is 14.7. The standard InChI is InChI=1S/C32H35ClN6O2/c1-35(14-3-15-36-18-20-37(21-19-36)26-8-12-34-13-9-26)30(40)11-17-38-16-10-24-6-7-27(22-29(24)38)39-23-25-4-2-5-28(33)31(25)32(39)41/h2,4-10,12-13,16,22H,3,11,14-15,17-21,23H2,1H3. The number of carbonyl (C=O) groups excluding carboxylic acids is 2. The maximum absolute atomic E-state index is 13.1. The minimum absolute atomic E-state index is 0.0736. The van der Waals surface area contributed by atoms with Crippen LogP contribution in [0.3, 0.4) is 0 Å². The van der Waals surface area contributed by atoms with E-state index in [1.807, 2.05) is 60.9 Å². The summed E-state index contributed by atoms with van der Waals surface area (Å²) in [7, 11) is 1.90. The minimum atomic E-state index is -0.0736. The Labute approximate surface area is 245 Å². The molecule has 0 spiro atoms. The van der Waals surface area contributed by atoms with Crippen molar-refractivity contribution in [3.63, 3.8) is 0 Å². The zero-order valence-corrected chi connectivity index (χ0v) is 24.1. The van der Waals surface area contributed by atoms with Crippen molar-refractivity contribution in [2.75, 3.05) is 56.1 Å². The van der Waals surface area contributed by atoms with Crippen molar-refractivity contribution in [1.29, 1.82) is 0 Å². The number of halogens is 1. The van der Waals surface area contributed by atoms with Gasteiger partial charge in [-0.25, -0.2) is 0 Å². The molecule has 41 heavy (non-hydrogen) atoms. The van der Waals surface area contributed by atoms with Gasteiger partial charge >= 0.3 is 0 Å². The van der Waals surface area contributed by atoms with Gasteiger partial charge in [-0.1, -0.05) is 29.8 Å². The molecule has 212 valence electrons. The number of aryl methyl sites for hydroxylation is 1. The van der Waals surface area contributed by atoms with E-state index in [4.69, 9.17) is 11.6 Å². The van der Waals surface area contributed by atoms with Crippen molar-refractivity contribution < 1.29 is 9.59 Å². The van der Waals surface area contributed by atoms with E-state index < -0.39 is 0 Å². The first kappa shape index (κ1) is 27.3. The van der Waals surface area contributed by atoms with Crippen LogP contribution in [0.4, 0.5) is 11.4 Å². The van der Waals surface area contributed by atoms with E-state index in [0.717, 1.165) is 67.8 Å². The quantitative estimate of drug-likeness (QED) is 0.286. The summed E-state index contributed by atoms with van der Waals surface area (Å²) in [6.45, 7) is 6.93. The lowest BCUT2D eigenvalue weighted by Crippen LogP contribution is -2.47. The number of fused-ring (bicyclic) bond motifs is 2. The minimum Gasteiger partial charge on any atom is -0.369 e. The molecule has 0 radical (unpaired) electrons. The number of carbonyl (C=O) groups is 2. The second-order valence-electron chi connectivity index (χ2n) is 10.9. The first-order chi connectivity index (χ1) is 20.0. The summed E-state index contributed by atoms with van der Waals surface area (Å²) in [5.41, 5.74) is 4.61. The van der Waals surface area contributed by atoms with Crippen LogP contribution in [0.25, 0.3) is 10.9 Å². The van der Waals surface area contributed by atoms with E-state index in [2.05, 4.69) is 37.5 Å². The highest BCUT2D eigenvalue weighted by Gasteiger charge is 2.30. The average Bonchev–Trinajstić information content (AvgIpc) is 3.57. The fourth-order valence-corrected chi connectivity index (χ4v) is 6.18. The second kappa shape index (κ2) is 11.9. The van der Waals surface area contributed by atoms with Crippen molar-refractivity contribution in [1.82, 2.24) is 19.4 Å². The summed E-state index contributed by atoms with van der Waals surface area (Å²) in [4.78, 5) is 38.7. The van der Waals surface area contributed by atoms with Crippen LogP contribution in [0, 0.1) is 0 Å². The Kier molecular flexibility index (Phi) is 7.94. The Morgan fingerprint density at radius 1 is 0.976 bits per heavy atom. The topological polar surface area (TPSA) is 64.9 Å². The van der Waals surface area contributed by atoms with Crippen LogP contribution in [0.15, 0.2) is 73.2 Å². The number of pyridine rings is 1. The highest BCUT2D eigenvalue weighted by Crippen LogP contribution is 2.34. The highest BCUT2D eigenvalue weighted by atomic mass is 35.5. The summed E-state index contributed by atoms with van der Waals surface area (Å²) in [5.74, 6) is 0.0702. The third kappa shape index (κ3) is 5.80. The Bertz CT molecular complexity index is 1550. The number of rotatable bonds is 9. The normalized spacial score (nSPS) is 15.5. The van der Waals surface area contributed by atoms with Crippen LogP contribution in [0.5, 0.6) is 0 Å². The largest absolute Gasteiger partial charge is 0.369 e. The van der Waals surface area contributed by atoms with Gasteiger partial charge in [0.1, 0.15) is 0 Å². The molecule has 1 fully saturated rings. The molecule has 0 saturated carbocycles. The number of piperazine rings is 1. The second-order valence-corrected chi connectivity index (χ2v) is 11.3. The number of aromatic nitrogens is 2. The lowest BCUT2D eigenvalue weighted by atomic mass is 10.1. The zero-order chi connectivity index (χ0) is 28.3. The summed E-state index contributed by atoms with van der Waals surface area (Å²) >= 11 is 6.32. The van der Waals surface area contributed by atoms with Crippen molar-refractivity contribution in [3.05, 3.63) is 89.3 Å². The van der Waals surface area contributed by atoms with Crippen molar-refractivity contribution in [2.45, 2.75) is 25.9 Å². The summed E-state index contributed by atoms with van der Waals surface area (Å²) in [5, 5.41) is 1.58. The maximum atomic E-state index is 13.1. The molecule has 1 saturated heterocycles. The van der Waals surface area contributed by atoms with Gasteiger partial charge in [-0.2, -0.15) is 0 Å². The summed E-state index contributed by atoms with van der Waals surface area (Å²) in [6, 6.07) is 17.8. The molecule has 0 bridgehead atoms. The SMILES string of the molecule is CN(CCCN1CCN(c2ccncc2)CC1)C(=O)CCn1ccc2ccc(N3Cc4cccc(Cl)c4C3=O)cc21. The lowest BCUT2D eigenvalue weighted by Gasteiger charge is -2.36. The molecular formula is C32H35ClN6O2. The smallest absolute Gasteiger partial charge is 0.260 e. The molecule has 2 aromatic heterocycles. The summed E-state index contributed by atoms with van der Waals surface area (Å²) < 4.78 is 2.10. The molecule has 2 amide bonds. The predicted octanol–water partition coefficient (Wildman–Crippen LogP) is 4.91. The Morgan fingerprint density at radius 2 is 1.78 bits per heavy atom. The van der Waals surface area contributed by atoms with Crippen molar-refractivity contribution >= 4 is 45.7 Å². The number of amides is 2. The summed E-state index contributed by atoms with van der Waals surface area (Å²) in [6.07, 6.45) is 7.10. The number of nitrogens with zero attached hydrogens (tertiary/aromatic N) is 6. The Morgan fingerprint density at radius 3 is 2.56 bits per heavy atom. The highest BCUT2D eigenvalue weighted by molar-refractivity contribution is 6.35. The van der Waals surface area contributed by atoms with E-state index in [-0.39, 0.29) is 11.8 Å². The van der Waals surface area contributed by atoms with Crippen LogP contribution in [0.1, 0.15) is 28.8 Å². The predicted molar refractivity (Wildman–Crippen MR) is 164 cm³/mol. The van der Waals surface area contributed by atoms with Gasteiger partial charge in [0.15, 0.2) is 0 Å². The number of anilines is 2. The number of benzene rings is 2. The molecule has 0 N–H and O–H groups in total.